The van der Waals surface area contributed by atoms with Gasteiger partial charge >= 0.3 is 0 Å². The van der Waals surface area contributed by atoms with Crippen molar-refractivity contribution in [1.82, 2.24) is 10.3 Å². The number of halogens is 1. The molecule has 0 aliphatic carbocycles. The molecule has 2 rings (SSSR count). The molecular weight excluding hydrogens is 163 g/mol. The molecule has 0 saturated heterocycles. The summed E-state index contributed by atoms with van der Waals surface area (Å²) in [6, 6.07) is 2.78. The van der Waals surface area contributed by atoms with Crippen LogP contribution in [0.1, 0.15) is 0 Å². The fourth-order valence-electron chi connectivity index (χ4n) is 0.943. The average Bonchev–Trinajstić information content (AvgIpc) is 2.52. The number of benzene rings is 1. The summed E-state index contributed by atoms with van der Waals surface area (Å²) in [6.07, 6.45) is 0. The van der Waals surface area contributed by atoms with Crippen LogP contribution in [0.4, 0.5) is 4.39 Å². The van der Waals surface area contributed by atoms with Crippen molar-refractivity contribution in [1.29, 1.82) is 0 Å². The molecule has 0 unspecified atom stereocenters. The number of methoxy groups -OCH3 is 1. The number of hydrogen-bond acceptors (Lipinski definition) is 4. The zero-order chi connectivity index (χ0) is 8.55. The molecule has 1 heterocycles. The highest BCUT2D eigenvalue weighted by atomic mass is 19.1. The third-order valence-corrected chi connectivity index (χ3v) is 1.52. The van der Waals surface area contributed by atoms with Gasteiger partial charge in [-0.1, -0.05) is 0 Å². The summed E-state index contributed by atoms with van der Waals surface area (Å²) < 4.78 is 22.2. The van der Waals surface area contributed by atoms with Crippen LogP contribution in [-0.4, -0.2) is 17.4 Å². The highest BCUT2D eigenvalue weighted by molar-refractivity contribution is 5.75. The summed E-state index contributed by atoms with van der Waals surface area (Å²) in [7, 11) is 1.45. The van der Waals surface area contributed by atoms with Crippen molar-refractivity contribution in [2.24, 2.45) is 0 Å². The van der Waals surface area contributed by atoms with Gasteiger partial charge in [-0.05, 0) is 10.3 Å². The average molecular weight is 168 g/mol. The Morgan fingerprint density at radius 3 is 3.00 bits per heavy atom. The van der Waals surface area contributed by atoms with Gasteiger partial charge < -0.3 is 4.74 Å². The standard InChI is InChI=1S/C7H5FN2O2/c1-11-4-2-5(8)7-6(3-4)9-12-10-7/h2-3H,1H3. The Bertz CT molecular complexity index is 413. The Balaban J connectivity index is 2.75. The number of ether oxygens (including phenoxy) is 1. The van der Waals surface area contributed by atoms with E-state index in [4.69, 9.17) is 4.74 Å². The largest absolute Gasteiger partial charge is 0.497 e. The lowest BCUT2D eigenvalue weighted by molar-refractivity contribution is 0.314. The van der Waals surface area contributed by atoms with Crippen molar-refractivity contribution in [3.05, 3.63) is 17.9 Å². The molecule has 0 atom stereocenters. The zero-order valence-electron chi connectivity index (χ0n) is 6.24. The molecule has 62 valence electrons. The molecule has 1 aromatic carbocycles. The van der Waals surface area contributed by atoms with Gasteiger partial charge in [-0.15, -0.1) is 0 Å². The molecular formula is C7H5FN2O2. The normalized spacial score (nSPS) is 10.5. The maximum Gasteiger partial charge on any atom is 0.171 e. The molecule has 5 heteroatoms. The van der Waals surface area contributed by atoms with Gasteiger partial charge in [0, 0.05) is 12.1 Å². The van der Waals surface area contributed by atoms with Crippen molar-refractivity contribution in [3.8, 4) is 5.75 Å². The highest BCUT2D eigenvalue weighted by Crippen LogP contribution is 2.20. The van der Waals surface area contributed by atoms with E-state index in [1.165, 1.54) is 13.2 Å². The zero-order valence-corrected chi connectivity index (χ0v) is 6.24. The molecule has 0 fully saturated rings. The second-order valence-corrected chi connectivity index (χ2v) is 2.24. The smallest absolute Gasteiger partial charge is 0.171 e. The lowest BCUT2D eigenvalue weighted by Gasteiger charge is -1.97. The van der Waals surface area contributed by atoms with Gasteiger partial charge in [0.1, 0.15) is 11.3 Å². The van der Waals surface area contributed by atoms with E-state index in [0.29, 0.717) is 11.3 Å². The number of hydrogen-bond donors (Lipinski definition) is 0. The Kier molecular flexibility index (Phi) is 1.43. The summed E-state index contributed by atoms with van der Waals surface area (Å²) in [4.78, 5) is 0. The Morgan fingerprint density at radius 2 is 2.25 bits per heavy atom. The van der Waals surface area contributed by atoms with E-state index in [9.17, 15) is 4.39 Å². The SMILES string of the molecule is COc1cc(F)c2nonc2c1. The second kappa shape index (κ2) is 2.44. The fraction of sp³-hybridized carbons (Fsp3) is 0.143. The van der Waals surface area contributed by atoms with Crippen molar-refractivity contribution < 1.29 is 13.8 Å². The van der Waals surface area contributed by atoms with Crippen LogP contribution in [0.5, 0.6) is 5.75 Å². The third-order valence-electron chi connectivity index (χ3n) is 1.52. The monoisotopic (exact) mass is 168 g/mol. The van der Waals surface area contributed by atoms with Crippen molar-refractivity contribution in [2.45, 2.75) is 0 Å². The van der Waals surface area contributed by atoms with E-state index < -0.39 is 5.82 Å². The van der Waals surface area contributed by atoms with Crippen molar-refractivity contribution in [2.75, 3.05) is 7.11 Å². The third kappa shape index (κ3) is 0.903. The van der Waals surface area contributed by atoms with E-state index in [-0.39, 0.29) is 5.52 Å². The van der Waals surface area contributed by atoms with Crippen molar-refractivity contribution in [3.63, 3.8) is 0 Å². The number of aromatic nitrogens is 2. The number of nitrogens with zero attached hydrogens (tertiary/aromatic N) is 2. The molecule has 0 spiro atoms. The first-order valence-corrected chi connectivity index (χ1v) is 3.27. The van der Waals surface area contributed by atoms with Crippen LogP contribution >= 0.6 is 0 Å². The van der Waals surface area contributed by atoms with Gasteiger partial charge in [-0.3, -0.25) is 0 Å². The van der Waals surface area contributed by atoms with Crippen LogP contribution in [0.2, 0.25) is 0 Å². The minimum absolute atomic E-state index is 0.121. The Morgan fingerprint density at radius 1 is 1.42 bits per heavy atom. The summed E-state index contributed by atoms with van der Waals surface area (Å²) in [5, 5.41) is 6.86. The lowest BCUT2D eigenvalue weighted by atomic mass is 10.3. The Hall–Kier alpha value is -1.65. The second-order valence-electron chi connectivity index (χ2n) is 2.24. The van der Waals surface area contributed by atoms with Gasteiger partial charge in [-0.25, -0.2) is 9.02 Å². The van der Waals surface area contributed by atoms with Crippen LogP contribution in [0.15, 0.2) is 16.8 Å². The lowest BCUT2D eigenvalue weighted by Crippen LogP contribution is -1.85. The molecule has 0 aliphatic rings. The fourth-order valence-corrected chi connectivity index (χ4v) is 0.943. The predicted octanol–water partition coefficient (Wildman–Crippen LogP) is 1.37. The van der Waals surface area contributed by atoms with Crippen LogP contribution in [0.25, 0.3) is 11.0 Å². The first kappa shape index (κ1) is 7.02. The quantitative estimate of drug-likeness (QED) is 0.645. The molecule has 0 amide bonds. The predicted molar refractivity (Wildman–Crippen MR) is 38.3 cm³/mol. The maximum atomic E-state index is 13.0. The molecule has 0 saturated carbocycles. The number of fused-ring (bicyclic) bond motifs is 1. The molecule has 0 radical (unpaired) electrons. The van der Waals surface area contributed by atoms with E-state index >= 15 is 0 Å². The minimum atomic E-state index is -0.495. The van der Waals surface area contributed by atoms with Crippen LogP contribution < -0.4 is 4.74 Å². The van der Waals surface area contributed by atoms with E-state index in [0.717, 1.165) is 0 Å². The van der Waals surface area contributed by atoms with Gasteiger partial charge in [0.2, 0.25) is 0 Å². The van der Waals surface area contributed by atoms with Gasteiger partial charge in [0.15, 0.2) is 11.3 Å². The molecule has 0 N–H and O–H groups in total. The van der Waals surface area contributed by atoms with E-state index in [1.54, 1.807) is 6.07 Å². The van der Waals surface area contributed by atoms with Gasteiger partial charge in [0.25, 0.3) is 0 Å². The molecule has 12 heavy (non-hydrogen) atoms. The minimum Gasteiger partial charge on any atom is -0.497 e. The Labute approximate surface area is 66.9 Å². The summed E-state index contributed by atoms with van der Waals surface area (Å²) in [6.45, 7) is 0. The topological polar surface area (TPSA) is 48.2 Å². The first-order chi connectivity index (χ1) is 5.81. The first-order valence-electron chi connectivity index (χ1n) is 3.27. The molecule has 0 bridgehead atoms. The van der Waals surface area contributed by atoms with Crippen LogP contribution in [-0.2, 0) is 0 Å². The van der Waals surface area contributed by atoms with Crippen LogP contribution in [0.3, 0.4) is 0 Å². The molecule has 1 aromatic heterocycles. The summed E-state index contributed by atoms with van der Waals surface area (Å²) >= 11 is 0. The maximum absolute atomic E-state index is 13.0. The van der Waals surface area contributed by atoms with Crippen molar-refractivity contribution >= 4 is 11.0 Å². The van der Waals surface area contributed by atoms with Gasteiger partial charge in [-0.2, -0.15) is 0 Å². The molecule has 2 aromatic rings. The van der Waals surface area contributed by atoms with Crippen LogP contribution in [0, 0.1) is 5.82 Å². The molecule has 4 nitrogen and oxygen atoms in total. The summed E-state index contributed by atoms with van der Waals surface area (Å²) in [5.41, 5.74) is 0.475. The molecule has 0 aliphatic heterocycles. The number of rotatable bonds is 1. The van der Waals surface area contributed by atoms with Gasteiger partial charge in [0.05, 0.1) is 7.11 Å². The highest BCUT2D eigenvalue weighted by Gasteiger charge is 2.08. The van der Waals surface area contributed by atoms with E-state index in [2.05, 4.69) is 14.9 Å². The summed E-state index contributed by atoms with van der Waals surface area (Å²) in [5.74, 6) is -0.0960. The van der Waals surface area contributed by atoms with E-state index in [1.807, 2.05) is 0 Å².